The number of anilines is 1. The molecule has 2 atom stereocenters. The molecule has 1 aliphatic heterocycles. The SMILES string of the molecule is C[C@@H]1CCC[C@H](C)N1c1ccc2c(C(=O)O)cccc2n1. The normalized spacial score (nSPS) is 22.5. The van der Waals surface area contributed by atoms with Gasteiger partial charge in [0.1, 0.15) is 5.82 Å². The van der Waals surface area contributed by atoms with Crippen molar-refractivity contribution in [2.75, 3.05) is 4.90 Å². The van der Waals surface area contributed by atoms with Crippen LogP contribution < -0.4 is 4.90 Å². The number of hydrogen-bond acceptors (Lipinski definition) is 3. The third-order valence-electron chi connectivity index (χ3n) is 4.41. The van der Waals surface area contributed by atoms with Gasteiger partial charge < -0.3 is 10.0 Å². The van der Waals surface area contributed by atoms with Gasteiger partial charge in [-0.15, -0.1) is 0 Å². The second kappa shape index (κ2) is 5.35. The lowest BCUT2D eigenvalue weighted by molar-refractivity contribution is 0.0699. The second-order valence-electron chi connectivity index (χ2n) is 5.88. The van der Waals surface area contributed by atoms with Crippen LogP contribution in [0.1, 0.15) is 43.5 Å². The minimum absolute atomic E-state index is 0.311. The topological polar surface area (TPSA) is 53.4 Å². The van der Waals surface area contributed by atoms with E-state index >= 15 is 0 Å². The number of rotatable bonds is 2. The highest BCUT2D eigenvalue weighted by atomic mass is 16.4. The van der Waals surface area contributed by atoms with Gasteiger partial charge in [0, 0.05) is 17.5 Å². The number of hydrogen-bond donors (Lipinski definition) is 1. The zero-order chi connectivity index (χ0) is 15.0. The first-order valence-corrected chi connectivity index (χ1v) is 7.49. The summed E-state index contributed by atoms with van der Waals surface area (Å²) in [5.41, 5.74) is 1.06. The number of pyridine rings is 1. The number of carboxylic acid groups (broad SMARTS) is 1. The summed E-state index contributed by atoms with van der Waals surface area (Å²) in [6, 6.07) is 10.0. The summed E-state index contributed by atoms with van der Waals surface area (Å²) < 4.78 is 0. The highest BCUT2D eigenvalue weighted by Gasteiger charge is 2.26. The number of fused-ring (bicyclic) bond motifs is 1. The molecule has 4 nitrogen and oxygen atoms in total. The summed E-state index contributed by atoms with van der Waals surface area (Å²) in [7, 11) is 0. The van der Waals surface area contributed by atoms with Crippen molar-refractivity contribution in [1.82, 2.24) is 4.98 Å². The molecule has 110 valence electrons. The molecule has 21 heavy (non-hydrogen) atoms. The third-order valence-corrected chi connectivity index (χ3v) is 4.41. The smallest absolute Gasteiger partial charge is 0.336 e. The van der Waals surface area contributed by atoms with Crippen molar-refractivity contribution in [3.63, 3.8) is 0 Å². The lowest BCUT2D eigenvalue weighted by Gasteiger charge is -2.40. The molecule has 1 aromatic carbocycles. The van der Waals surface area contributed by atoms with Gasteiger partial charge in [-0.05, 0) is 57.4 Å². The number of carbonyl (C=O) groups is 1. The summed E-state index contributed by atoms with van der Waals surface area (Å²) in [5, 5.41) is 9.95. The predicted octanol–water partition coefficient (Wildman–Crippen LogP) is 3.70. The Morgan fingerprint density at radius 2 is 1.90 bits per heavy atom. The maximum atomic E-state index is 11.3. The zero-order valence-corrected chi connectivity index (χ0v) is 12.4. The van der Waals surface area contributed by atoms with Crippen LogP contribution in [-0.2, 0) is 0 Å². The zero-order valence-electron chi connectivity index (χ0n) is 12.4. The lowest BCUT2D eigenvalue weighted by atomic mass is 9.97. The summed E-state index contributed by atoms with van der Waals surface area (Å²) in [5.74, 6) is 0.0413. The van der Waals surface area contributed by atoms with E-state index in [2.05, 4.69) is 18.7 Å². The molecule has 0 saturated carbocycles. The van der Waals surface area contributed by atoms with E-state index in [4.69, 9.17) is 4.98 Å². The Labute approximate surface area is 124 Å². The van der Waals surface area contributed by atoms with Crippen LogP contribution in [0.25, 0.3) is 10.9 Å². The molecule has 1 N–H and O–H groups in total. The number of carboxylic acids is 1. The van der Waals surface area contributed by atoms with Crippen molar-refractivity contribution in [1.29, 1.82) is 0 Å². The highest BCUT2D eigenvalue weighted by Crippen LogP contribution is 2.29. The molecule has 0 spiro atoms. The molecule has 0 unspecified atom stereocenters. The molecule has 3 rings (SSSR count). The fourth-order valence-corrected chi connectivity index (χ4v) is 3.35. The van der Waals surface area contributed by atoms with Gasteiger partial charge in [0.25, 0.3) is 0 Å². The van der Waals surface area contributed by atoms with E-state index in [-0.39, 0.29) is 0 Å². The number of piperidine rings is 1. The van der Waals surface area contributed by atoms with Gasteiger partial charge in [-0.3, -0.25) is 0 Å². The van der Waals surface area contributed by atoms with Gasteiger partial charge in [-0.25, -0.2) is 9.78 Å². The molecule has 2 heterocycles. The molecule has 0 bridgehead atoms. The number of aromatic carboxylic acids is 1. The number of aromatic nitrogens is 1. The summed E-state index contributed by atoms with van der Waals surface area (Å²) in [6.45, 7) is 4.46. The Balaban J connectivity index is 2.07. The molecule has 2 aromatic rings. The van der Waals surface area contributed by atoms with Crippen LogP contribution in [0.15, 0.2) is 30.3 Å². The average molecular weight is 284 g/mol. The largest absolute Gasteiger partial charge is 0.478 e. The molecule has 1 aromatic heterocycles. The second-order valence-corrected chi connectivity index (χ2v) is 5.88. The van der Waals surface area contributed by atoms with E-state index in [0.29, 0.717) is 23.0 Å². The standard InChI is InChI=1S/C17H20N2O2/c1-11-5-3-6-12(2)19(11)16-10-9-13-14(17(20)21)7-4-8-15(13)18-16/h4,7-12H,3,5-6H2,1-2H3,(H,20,21)/t11-,12+. The Hall–Kier alpha value is -2.10. The van der Waals surface area contributed by atoms with E-state index in [1.807, 2.05) is 18.2 Å². The van der Waals surface area contributed by atoms with Crippen molar-refractivity contribution >= 4 is 22.7 Å². The maximum absolute atomic E-state index is 11.3. The molecular weight excluding hydrogens is 264 g/mol. The molecule has 0 amide bonds. The lowest BCUT2D eigenvalue weighted by Crippen LogP contribution is -2.44. The van der Waals surface area contributed by atoms with Crippen molar-refractivity contribution in [2.45, 2.75) is 45.2 Å². The van der Waals surface area contributed by atoms with Gasteiger partial charge >= 0.3 is 5.97 Å². The molecule has 4 heteroatoms. The van der Waals surface area contributed by atoms with Gasteiger partial charge in [-0.1, -0.05) is 6.07 Å². The van der Waals surface area contributed by atoms with Crippen LogP contribution in [-0.4, -0.2) is 28.1 Å². The Morgan fingerprint density at radius 1 is 1.19 bits per heavy atom. The monoisotopic (exact) mass is 284 g/mol. The first-order chi connectivity index (χ1) is 10.1. The van der Waals surface area contributed by atoms with Crippen LogP contribution in [0.3, 0.4) is 0 Å². The Kier molecular flexibility index (Phi) is 3.53. The van der Waals surface area contributed by atoms with Crippen molar-refractivity contribution in [2.24, 2.45) is 0 Å². The van der Waals surface area contributed by atoms with Gasteiger partial charge in [-0.2, -0.15) is 0 Å². The Morgan fingerprint density at radius 3 is 2.57 bits per heavy atom. The third kappa shape index (κ3) is 2.46. The molecule has 1 fully saturated rings. The fourth-order valence-electron chi connectivity index (χ4n) is 3.35. The summed E-state index contributed by atoms with van der Waals surface area (Å²) in [6.07, 6.45) is 3.62. The molecular formula is C17H20N2O2. The number of benzene rings is 1. The van der Waals surface area contributed by atoms with Gasteiger partial charge in [0.05, 0.1) is 11.1 Å². The quantitative estimate of drug-likeness (QED) is 0.913. The van der Waals surface area contributed by atoms with Gasteiger partial charge in [0.15, 0.2) is 0 Å². The first kappa shape index (κ1) is 13.9. The first-order valence-electron chi connectivity index (χ1n) is 7.49. The van der Waals surface area contributed by atoms with Crippen LogP contribution in [0.4, 0.5) is 5.82 Å². The van der Waals surface area contributed by atoms with E-state index in [9.17, 15) is 9.90 Å². The van der Waals surface area contributed by atoms with Crippen LogP contribution in [0.5, 0.6) is 0 Å². The fraction of sp³-hybridized carbons (Fsp3) is 0.412. The Bertz CT molecular complexity index is 674. The molecule has 0 aliphatic carbocycles. The highest BCUT2D eigenvalue weighted by molar-refractivity contribution is 6.02. The summed E-state index contributed by atoms with van der Waals surface area (Å²) in [4.78, 5) is 18.3. The van der Waals surface area contributed by atoms with E-state index in [1.165, 1.54) is 19.3 Å². The maximum Gasteiger partial charge on any atom is 0.336 e. The van der Waals surface area contributed by atoms with Crippen LogP contribution >= 0.6 is 0 Å². The average Bonchev–Trinajstić information content (AvgIpc) is 2.46. The van der Waals surface area contributed by atoms with E-state index in [0.717, 1.165) is 11.3 Å². The molecule has 1 saturated heterocycles. The summed E-state index contributed by atoms with van der Waals surface area (Å²) >= 11 is 0. The number of nitrogens with zero attached hydrogens (tertiary/aromatic N) is 2. The van der Waals surface area contributed by atoms with Crippen molar-refractivity contribution in [3.8, 4) is 0 Å². The minimum Gasteiger partial charge on any atom is -0.478 e. The van der Waals surface area contributed by atoms with Crippen molar-refractivity contribution in [3.05, 3.63) is 35.9 Å². The van der Waals surface area contributed by atoms with Crippen molar-refractivity contribution < 1.29 is 9.90 Å². The molecule has 0 radical (unpaired) electrons. The molecule has 1 aliphatic rings. The minimum atomic E-state index is -0.908. The predicted molar refractivity (Wildman–Crippen MR) is 84.0 cm³/mol. The van der Waals surface area contributed by atoms with Crippen LogP contribution in [0, 0.1) is 0 Å². The van der Waals surface area contributed by atoms with Gasteiger partial charge in [0.2, 0.25) is 0 Å². The van der Waals surface area contributed by atoms with Crippen LogP contribution in [0.2, 0.25) is 0 Å². The van der Waals surface area contributed by atoms with E-state index in [1.54, 1.807) is 12.1 Å². The van der Waals surface area contributed by atoms with E-state index < -0.39 is 5.97 Å².